The molecule has 0 saturated carbocycles. The first-order chi connectivity index (χ1) is 9.58. The van der Waals surface area contributed by atoms with Gasteiger partial charge in [0.2, 0.25) is 0 Å². The summed E-state index contributed by atoms with van der Waals surface area (Å²) in [7, 11) is 0. The van der Waals surface area contributed by atoms with E-state index in [9.17, 15) is 4.39 Å². The van der Waals surface area contributed by atoms with Crippen LogP contribution < -0.4 is 10.1 Å². The van der Waals surface area contributed by atoms with Crippen LogP contribution in [0, 0.1) is 19.7 Å². The van der Waals surface area contributed by atoms with Crippen molar-refractivity contribution in [1.29, 1.82) is 0 Å². The second-order valence-electron chi connectivity index (χ2n) is 5.01. The smallest absolute Gasteiger partial charge is 0.146 e. The van der Waals surface area contributed by atoms with Crippen LogP contribution in [0.25, 0.3) is 0 Å². The molecule has 2 aromatic carbocycles. The van der Waals surface area contributed by atoms with Crippen LogP contribution in [0.15, 0.2) is 42.5 Å². The number of hydrogen-bond donors (Lipinski definition) is 1. The molecule has 2 aromatic rings. The SMILES string of the molecule is Cc1cccc(C)c1OC(C)CNc1ccccc1F. The minimum atomic E-state index is -0.244. The Morgan fingerprint density at radius 3 is 2.35 bits per heavy atom. The molecular formula is C17H20FNO. The summed E-state index contributed by atoms with van der Waals surface area (Å²) in [6.07, 6.45) is -0.0468. The zero-order valence-electron chi connectivity index (χ0n) is 12.1. The average molecular weight is 273 g/mol. The van der Waals surface area contributed by atoms with Gasteiger partial charge in [-0.1, -0.05) is 30.3 Å². The highest BCUT2D eigenvalue weighted by atomic mass is 19.1. The Morgan fingerprint density at radius 1 is 1.05 bits per heavy atom. The Morgan fingerprint density at radius 2 is 1.70 bits per heavy atom. The van der Waals surface area contributed by atoms with Crippen molar-refractivity contribution in [2.45, 2.75) is 26.9 Å². The van der Waals surface area contributed by atoms with Crippen molar-refractivity contribution in [3.63, 3.8) is 0 Å². The number of halogens is 1. The van der Waals surface area contributed by atoms with Gasteiger partial charge in [0.1, 0.15) is 17.7 Å². The predicted octanol–water partition coefficient (Wildman–Crippen LogP) is 4.32. The van der Waals surface area contributed by atoms with Gasteiger partial charge >= 0.3 is 0 Å². The lowest BCUT2D eigenvalue weighted by atomic mass is 10.1. The zero-order chi connectivity index (χ0) is 14.5. The molecule has 0 bridgehead atoms. The van der Waals surface area contributed by atoms with Crippen molar-refractivity contribution in [3.8, 4) is 5.75 Å². The van der Waals surface area contributed by atoms with Crippen LogP contribution in [0.5, 0.6) is 5.75 Å². The largest absolute Gasteiger partial charge is 0.488 e. The van der Waals surface area contributed by atoms with E-state index in [1.54, 1.807) is 12.1 Å². The van der Waals surface area contributed by atoms with E-state index in [4.69, 9.17) is 4.74 Å². The summed E-state index contributed by atoms with van der Waals surface area (Å²) >= 11 is 0. The van der Waals surface area contributed by atoms with E-state index >= 15 is 0 Å². The molecule has 0 radical (unpaired) electrons. The number of rotatable bonds is 5. The van der Waals surface area contributed by atoms with Crippen molar-refractivity contribution < 1.29 is 9.13 Å². The van der Waals surface area contributed by atoms with Crippen molar-refractivity contribution in [2.24, 2.45) is 0 Å². The molecule has 20 heavy (non-hydrogen) atoms. The van der Waals surface area contributed by atoms with Gasteiger partial charge < -0.3 is 10.1 Å². The predicted molar refractivity (Wildman–Crippen MR) is 80.9 cm³/mol. The van der Waals surface area contributed by atoms with Crippen LogP contribution in [0.4, 0.5) is 10.1 Å². The van der Waals surface area contributed by atoms with Gasteiger partial charge in [0, 0.05) is 0 Å². The van der Waals surface area contributed by atoms with E-state index in [1.807, 2.05) is 45.0 Å². The topological polar surface area (TPSA) is 21.3 Å². The molecule has 0 aromatic heterocycles. The third kappa shape index (κ3) is 3.50. The minimum absolute atomic E-state index is 0.0468. The number of aryl methyl sites for hydroxylation is 2. The summed E-state index contributed by atoms with van der Waals surface area (Å²) in [4.78, 5) is 0. The van der Waals surface area contributed by atoms with E-state index in [0.29, 0.717) is 12.2 Å². The molecule has 2 nitrogen and oxygen atoms in total. The summed E-state index contributed by atoms with van der Waals surface area (Å²) < 4.78 is 19.4. The number of nitrogens with one attached hydrogen (secondary N) is 1. The fraction of sp³-hybridized carbons (Fsp3) is 0.294. The summed E-state index contributed by atoms with van der Waals surface area (Å²) in [5.41, 5.74) is 2.73. The Balaban J connectivity index is 1.96. The van der Waals surface area contributed by atoms with Gasteiger partial charge in [-0.2, -0.15) is 0 Å². The average Bonchev–Trinajstić information content (AvgIpc) is 2.42. The fourth-order valence-corrected chi connectivity index (χ4v) is 2.09. The summed E-state index contributed by atoms with van der Waals surface area (Å²) in [6.45, 7) is 6.58. The molecule has 0 amide bonds. The van der Waals surface area contributed by atoms with Crippen LogP contribution in [0.3, 0.4) is 0 Å². The first-order valence-corrected chi connectivity index (χ1v) is 6.79. The second-order valence-corrected chi connectivity index (χ2v) is 5.01. The summed E-state index contributed by atoms with van der Waals surface area (Å²) in [5.74, 6) is 0.669. The molecule has 1 unspecified atom stereocenters. The van der Waals surface area contributed by atoms with Crippen molar-refractivity contribution in [1.82, 2.24) is 0 Å². The second kappa shape index (κ2) is 6.42. The molecule has 0 fully saturated rings. The molecule has 1 N–H and O–H groups in total. The molecule has 3 heteroatoms. The van der Waals surface area contributed by atoms with Crippen LogP contribution >= 0.6 is 0 Å². The third-order valence-corrected chi connectivity index (χ3v) is 3.18. The highest BCUT2D eigenvalue weighted by Crippen LogP contribution is 2.23. The van der Waals surface area contributed by atoms with Gasteiger partial charge in [0.15, 0.2) is 0 Å². The van der Waals surface area contributed by atoms with E-state index in [2.05, 4.69) is 5.32 Å². The van der Waals surface area contributed by atoms with Crippen LogP contribution in [0.1, 0.15) is 18.1 Å². The summed E-state index contributed by atoms with van der Waals surface area (Å²) in [5, 5.41) is 3.07. The monoisotopic (exact) mass is 273 g/mol. The fourth-order valence-electron chi connectivity index (χ4n) is 2.09. The van der Waals surface area contributed by atoms with Crippen LogP contribution in [-0.4, -0.2) is 12.6 Å². The first-order valence-electron chi connectivity index (χ1n) is 6.79. The molecular weight excluding hydrogens is 253 g/mol. The number of anilines is 1. The van der Waals surface area contributed by atoms with E-state index in [0.717, 1.165) is 16.9 Å². The minimum Gasteiger partial charge on any atom is -0.488 e. The van der Waals surface area contributed by atoms with E-state index < -0.39 is 0 Å². The van der Waals surface area contributed by atoms with Crippen molar-refractivity contribution in [3.05, 3.63) is 59.4 Å². The van der Waals surface area contributed by atoms with Crippen LogP contribution in [-0.2, 0) is 0 Å². The lowest BCUT2D eigenvalue weighted by Crippen LogP contribution is -2.23. The molecule has 0 aliphatic heterocycles. The summed E-state index contributed by atoms with van der Waals surface area (Å²) in [6, 6.07) is 12.7. The Kier molecular flexibility index (Phi) is 4.61. The standard InChI is InChI=1S/C17H20FNO/c1-12-7-6-8-13(2)17(12)20-14(3)11-19-16-10-5-4-9-15(16)18/h4-10,14,19H,11H2,1-3H3. The maximum absolute atomic E-state index is 13.5. The van der Waals surface area contributed by atoms with Gasteiger partial charge in [-0.3, -0.25) is 0 Å². The van der Waals surface area contributed by atoms with Crippen molar-refractivity contribution in [2.75, 3.05) is 11.9 Å². The van der Waals surface area contributed by atoms with Gasteiger partial charge in [-0.15, -0.1) is 0 Å². The first kappa shape index (κ1) is 14.4. The number of benzene rings is 2. The zero-order valence-corrected chi connectivity index (χ0v) is 12.1. The molecule has 2 rings (SSSR count). The Labute approximate surface area is 119 Å². The molecule has 106 valence electrons. The van der Waals surface area contributed by atoms with Crippen molar-refractivity contribution >= 4 is 5.69 Å². The van der Waals surface area contributed by atoms with Crippen LogP contribution in [0.2, 0.25) is 0 Å². The number of hydrogen-bond acceptors (Lipinski definition) is 2. The highest BCUT2D eigenvalue weighted by molar-refractivity contribution is 5.44. The normalized spacial score (nSPS) is 12.0. The molecule has 0 aliphatic carbocycles. The molecule has 0 aliphatic rings. The molecule has 0 spiro atoms. The van der Waals surface area contributed by atoms with Gasteiger partial charge in [0.25, 0.3) is 0 Å². The molecule has 0 saturated heterocycles. The van der Waals surface area contributed by atoms with E-state index in [1.165, 1.54) is 6.07 Å². The van der Waals surface area contributed by atoms with Gasteiger partial charge in [-0.25, -0.2) is 4.39 Å². The van der Waals surface area contributed by atoms with Gasteiger partial charge in [0.05, 0.1) is 12.2 Å². The highest BCUT2D eigenvalue weighted by Gasteiger charge is 2.09. The Hall–Kier alpha value is -2.03. The third-order valence-electron chi connectivity index (χ3n) is 3.18. The molecule has 1 atom stereocenters. The van der Waals surface area contributed by atoms with Gasteiger partial charge in [-0.05, 0) is 44.0 Å². The Bertz CT molecular complexity index is 563. The maximum Gasteiger partial charge on any atom is 0.146 e. The number of ether oxygens (including phenoxy) is 1. The lowest BCUT2D eigenvalue weighted by Gasteiger charge is -2.19. The molecule has 0 heterocycles. The quantitative estimate of drug-likeness (QED) is 0.876. The lowest BCUT2D eigenvalue weighted by molar-refractivity contribution is 0.231. The number of para-hydroxylation sites is 2. The van der Waals surface area contributed by atoms with E-state index in [-0.39, 0.29) is 11.9 Å². The maximum atomic E-state index is 13.5.